The molecule has 0 amide bonds. The second-order valence-corrected chi connectivity index (χ2v) is 12.7. The van der Waals surface area contributed by atoms with Gasteiger partial charge in [0.25, 0.3) is 0 Å². The van der Waals surface area contributed by atoms with Crippen LogP contribution in [0.5, 0.6) is 0 Å². The molecule has 2 aromatic heterocycles. The van der Waals surface area contributed by atoms with E-state index in [1.807, 2.05) is 12.1 Å². The van der Waals surface area contributed by atoms with Gasteiger partial charge >= 0.3 is 0 Å². The summed E-state index contributed by atoms with van der Waals surface area (Å²) in [5.74, 6) is 0. The summed E-state index contributed by atoms with van der Waals surface area (Å²) in [5.41, 5.74) is 8.21. The van der Waals surface area contributed by atoms with Gasteiger partial charge in [-0.25, -0.2) is 0 Å². The first-order valence-corrected chi connectivity index (χ1v) is 16.7. The summed E-state index contributed by atoms with van der Waals surface area (Å²) in [6, 6.07) is 47.7. The van der Waals surface area contributed by atoms with Crippen LogP contribution in [0.1, 0.15) is 24.0 Å². The Bertz CT molecular complexity index is 2950. The van der Waals surface area contributed by atoms with Crippen molar-refractivity contribution in [3.8, 4) is 0 Å². The molecule has 0 radical (unpaired) electrons. The summed E-state index contributed by atoms with van der Waals surface area (Å²) in [7, 11) is 0. The van der Waals surface area contributed by atoms with Gasteiger partial charge in [0.05, 0.1) is 0 Å². The fourth-order valence-electron chi connectivity index (χ4n) is 7.65. The van der Waals surface area contributed by atoms with Crippen molar-refractivity contribution in [3.05, 3.63) is 179 Å². The summed E-state index contributed by atoms with van der Waals surface area (Å²) in [6.45, 7) is 0. The lowest BCUT2D eigenvalue weighted by atomic mass is 9.91. The average Bonchev–Trinajstić information content (AvgIpc) is 3.72. The van der Waals surface area contributed by atoms with Crippen molar-refractivity contribution in [1.29, 1.82) is 0 Å². The van der Waals surface area contributed by atoms with Crippen molar-refractivity contribution < 1.29 is 8.83 Å². The smallest absolute Gasteiger partial charge is 0.143 e. The first-order valence-electron chi connectivity index (χ1n) is 16.7. The standard InChI is InChI=1S/C46H30O2/c1-2-4-16-35(34-18-8-7-17-33(34)32(15-3-1)31-24-23-29-13-5-6-14-30(29)27-31)40-28-41-37(44-39-20-10-12-22-43(39)48-46(40)44)25-26-38-36-19-9-11-21-42(36)47-45(38)41/h3-28H,1-2H2/b15-3+,16-4+,33-32+,35-34+. The van der Waals surface area contributed by atoms with Gasteiger partial charge < -0.3 is 8.83 Å². The summed E-state index contributed by atoms with van der Waals surface area (Å²) >= 11 is 0. The molecule has 1 aliphatic carbocycles. The van der Waals surface area contributed by atoms with E-state index in [4.69, 9.17) is 8.83 Å². The maximum absolute atomic E-state index is 6.81. The number of hydrogen-bond acceptors (Lipinski definition) is 2. The van der Waals surface area contributed by atoms with Crippen molar-refractivity contribution in [3.63, 3.8) is 0 Å². The summed E-state index contributed by atoms with van der Waals surface area (Å²) in [6.07, 6.45) is 11.1. The maximum atomic E-state index is 6.81. The summed E-state index contributed by atoms with van der Waals surface area (Å²) < 4.78 is 13.4. The number of fused-ring (bicyclic) bond motifs is 11. The van der Waals surface area contributed by atoms with Gasteiger partial charge in [-0.1, -0.05) is 127 Å². The lowest BCUT2D eigenvalue weighted by Crippen LogP contribution is -2.29. The van der Waals surface area contributed by atoms with Crippen LogP contribution in [0.2, 0.25) is 0 Å². The van der Waals surface area contributed by atoms with Crippen LogP contribution in [0.4, 0.5) is 0 Å². The van der Waals surface area contributed by atoms with Gasteiger partial charge in [0.2, 0.25) is 0 Å². The molecule has 226 valence electrons. The van der Waals surface area contributed by atoms with Crippen LogP contribution in [0.3, 0.4) is 0 Å². The van der Waals surface area contributed by atoms with Crippen molar-refractivity contribution in [1.82, 2.24) is 0 Å². The van der Waals surface area contributed by atoms with Gasteiger partial charge in [-0.2, -0.15) is 0 Å². The highest BCUT2D eigenvalue weighted by atomic mass is 16.3. The Hall–Kier alpha value is -6.12. The van der Waals surface area contributed by atoms with Crippen LogP contribution in [0, 0.1) is 0 Å². The normalized spacial score (nSPS) is 17.4. The Morgan fingerprint density at radius 2 is 1.04 bits per heavy atom. The molecule has 1 aliphatic rings. The molecule has 9 aromatic rings. The molecule has 10 rings (SSSR count). The molecular weight excluding hydrogens is 585 g/mol. The molecular formula is C46H30O2. The number of rotatable bonds is 2. The summed E-state index contributed by atoms with van der Waals surface area (Å²) in [4.78, 5) is 0. The predicted molar refractivity (Wildman–Crippen MR) is 201 cm³/mol. The van der Waals surface area contributed by atoms with Crippen molar-refractivity contribution >= 4 is 76.6 Å². The average molecular weight is 615 g/mol. The molecule has 0 atom stereocenters. The molecule has 2 heterocycles. The Kier molecular flexibility index (Phi) is 6.04. The fraction of sp³-hybridized carbons (Fsp3) is 0.0435. The van der Waals surface area contributed by atoms with Crippen LogP contribution < -0.4 is 10.4 Å². The Morgan fingerprint density at radius 3 is 1.88 bits per heavy atom. The molecule has 2 heteroatoms. The third-order valence-corrected chi connectivity index (χ3v) is 9.91. The van der Waals surface area contributed by atoms with Gasteiger partial charge in [0.1, 0.15) is 22.3 Å². The molecule has 7 aromatic carbocycles. The van der Waals surface area contributed by atoms with Crippen molar-refractivity contribution in [2.45, 2.75) is 12.8 Å². The van der Waals surface area contributed by atoms with Crippen LogP contribution in [0.15, 0.2) is 167 Å². The molecule has 0 bridgehead atoms. The largest absolute Gasteiger partial charge is 0.455 e. The SMILES string of the molecule is C1=C/C(c2ccc3ccccc3c2)=c2/cccc/c2=C(c2cc3c(ccc4c5ccccc5oc43)c3c2oc2ccccc23)/C=C/CC/1. The number of para-hydroxylation sites is 2. The fourth-order valence-corrected chi connectivity index (χ4v) is 7.65. The predicted octanol–water partition coefficient (Wildman–Crippen LogP) is 11.1. The molecule has 0 saturated carbocycles. The minimum atomic E-state index is 0.884. The second-order valence-electron chi connectivity index (χ2n) is 12.7. The zero-order valence-corrected chi connectivity index (χ0v) is 26.2. The summed E-state index contributed by atoms with van der Waals surface area (Å²) in [5, 5.41) is 11.6. The van der Waals surface area contributed by atoms with Crippen LogP contribution >= 0.6 is 0 Å². The van der Waals surface area contributed by atoms with Crippen LogP contribution in [-0.2, 0) is 0 Å². The van der Waals surface area contributed by atoms with E-state index in [2.05, 4.69) is 146 Å². The van der Waals surface area contributed by atoms with E-state index in [9.17, 15) is 0 Å². The first kappa shape index (κ1) is 27.0. The zero-order chi connectivity index (χ0) is 31.6. The van der Waals surface area contributed by atoms with Crippen LogP contribution in [0.25, 0.3) is 76.6 Å². The Labute approximate surface area is 276 Å². The van der Waals surface area contributed by atoms with E-state index < -0.39 is 0 Å². The van der Waals surface area contributed by atoms with Crippen LogP contribution in [-0.4, -0.2) is 0 Å². The van der Waals surface area contributed by atoms with Gasteiger partial charge in [-0.15, -0.1) is 0 Å². The quantitative estimate of drug-likeness (QED) is 0.194. The number of allylic oxidation sites excluding steroid dienone is 4. The number of furan rings is 2. The van der Waals surface area contributed by atoms with Crippen molar-refractivity contribution in [2.24, 2.45) is 0 Å². The van der Waals surface area contributed by atoms with Gasteiger partial charge in [0, 0.05) is 32.5 Å². The molecule has 0 spiro atoms. The topological polar surface area (TPSA) is 26.3 Å². The highest BCUT2D eigenvalue weighted by molar-refractivity contribution is 6.27. The third-order valence-electron chi connectivity index (χ3n) is 9.91. The van der Waals surface area contributed by atoms with Crippen molar-refractivity contribution in [2.75, 3.05) is 0 Å². The van der Waals surface area contributed by atoms with E-state index in [1.165, 1.54) is 32.3 Å². The molecule has 48 heavy (non-hydrogen) atoms. The molecule has 0 saturated heterocycles. The molecule has 2 nitrogen and oxygen atoms in total. The first-order chi connectivity index (χ1) is 23.8. The van der Waals surface area contributed by atoms with Gasteiger partial charge in [-0.05, 0) is 86.5 Å². The lowest BCUT2D eigenvalue weighted by molar-refractivity contribution is 0.667. The highest BCUT2D eigenvalue weighted by Crippen LogP contribution is 2.43. The Morgan fingerprint density at radius 1 is 0.417 bits per heavy atom. The molecule has 0 unspecified atom stereocenters. The van der Waals surface area contributed by atoms with E-state index >= 15 is 0 Å². The third kappa shape index (κ3) is 4.13. The Balaban J connectivity index is 1.39. The number of hydrogen-bond donors (Lipinski definition) is 0. The number of benzene rings is 7. The highest BCUT2D eigenvalue weighted by Gasteiger charge is 2.20. The van der Waals surface area contributed by atoms with Gasteiger partial charge in [-0.3, -0.25) is 0 Å². The van der Waals surface area contributed by atoms with E-state index in [-0.39, 0.29) is 0 Å². The monoisotopic (exact) mass is 614 g/mol. The molecule has 0 N–H and O–H groups in total. The van der Waals surface area contributed by atoms with E-state index in [0.717, 1.165) is 78.6 Å². The minimum absolute atomic E-state index is 0.884. The molecule has 0 aliphatic heterocycles. The minimum Gasteiger partial charge on any atom is -0.455 e. The maximum Gasteiger partial charge on any atom is 0.143 e. The van der Waals surface area contributed by atoms with E-state index in [0.29, 0.717) is 0 Å². The second kappa shape index (κ2) is 10.7. The zero-order valence-electron chi connectivity index (χ0n) is 26.2. The molecule has 0 fully saturated rings. The van der Waals surface area contributed by atoms with E-state index in [1.54, 1.807) is 0 Å². The van der Waals surface area contributed by atoms with Gasteiger partial charge in [0.15, 0.2) is 0 Å². The lowest BCUT2D eigenvalue weighted by Gasteiger charge is -2.12.